The fraction of sp³-hybridized carbons (Fsp3) is 0.391. The number of ether oxygens (including phenoxy) is 1. The lowest BCUT2D eigenvalue weighted by Gasteiger charge is -2.34. The zero-order chi connectivity index (χ0) is 20.1. The Kier molecular flexibility index (Phi) is 6.02. The molecule has 1 N–H and O–H groups in total. The monoisotopic (exact) mass is 380 g/mol. The molecule has 0 bridgehead atoms. The molecule has 28 heavy (non-hydrogen) atoms. The number of likely N-dealkylation sites (tertiary alicyclic amines) is 1. The van der Waals surface area contributed by atoms with Crippen molar-refractivity contribution >= 4 is 11.8 Å². The Morgan fingerprint density at radius 3 is 2.61 bits per heavy atom. The number of hydrogen-bond acceptors (Lipinski definition) is 3. The van der Waals surface area contributed by atoms with Gasteiger partial charge in [0.2, 0.25) is 11.8 Å². The predicted octanol–water partition coefficient (Wildman–Crippen LogP) is 3.59. The molecular weight excluding hydrogens is 352 g/mol. The van der Waals surface area contributed by atoms with Crippen molar-refractivity contribution in [1.82, 2.24) is 10.2 Å². The van der Waals surface area contributed by atoms with E-state index in [4.69, 9.17) is 4.74 Å². The van der Waals surface area contributed by atoms with E-state index in [9.17, 15) is 9.59 Å². The number of carbonyl (C=O) groups is 2. The summed E-state index contributed by atoms with van der Waals surface area (Å²) in [6.45, 7) is 7.19. The zero-order valence-corrected chi connectivity index (χ0v) is 16.8. The van der Waals surface area contributed by atoms with Crippen LogP contribution in [0.4, 0.5) is 0 Å². The van der Waals surface area contributed by atoms with Gasteiger partial charge in [0.1, 0.15) is 11.3 Å². The van der Waals surface area contributed by atoms with Crippen LogP contribution in [0.25, 0.3) is 0 Å². The molecule has 5 nitrogen and oxygen atoms in total. The van der Waals surface area contributed by atoms with E-state index in [1.54, 1.807) is 4.90 Å². The van der Waals surface area contributed by atoms with Gasteiger partial charge in [0.25, 0.3) is 0 Å². The molecule has 1 heterocycles. The number of amides is 2. The molecule has 0 radical (unpaired) electrons. The Bertz CT molecular complexity index is 847. The molecule has 1 saturated heterocycles. The number of nitrogens with zero attached hydrogens (tertiary/aromatic N) is 1. The number of aryl methyl sites for hydroxylation is 1. The molecule has 148 valence electrons. The van der Waals surface area contributed by atoms with E-state index >= 15 is 0 Å². The topological polar surface area (TPSA) is 58.6 Å². The van der Waals surface area contributed by atoms with Crippen LogP contribution in [-0.4, -0.2) is 28.9 Å². The highest BCUT2D eigenvalue weighted by Crippen LogP contribution is 2.33. The maximum Gasteiger partial charge on any atom is 0.245 e. The van der Waals surface area contributed by atoms with Gasteiger partial charge >= 0.3 is 0 Å². The molecule has 1 aliphatic rings. The van der Waals surface area contributed by atoms with Crippen molar-refractivity contribution in [2.45, 2.75) is 52.2 Å². The first-order valence-corrected chi connectivity index (χ1v) is 9.79. The second kappa shape index (κ2) is 8.46. The molecule has 5 heteroatoms. The third kappa shape index (κ3) is 4.19. The first kappa shape index (κ1) is 19.9. The summed E-state index contributed by atoms with van der Waals surface area (Å²) in [6, 6.07) is 15.7. The Balaban J connectivity index is 1.74. The SMILES string of the molecule is CCOc1ccccc1CN1C(=O)CC[C@]1(C)C(=O)NCc1ccc(C)cc1. The number of carbonyl (C=O) groups excluding carboxylic acids is 2. The maximum atomic E-state index is 13.0. The third-order valence-corrected chi connectivity index (χ3v) is 5.39. The van der Waals surface area contributed by atoms with Gasteiger partial charge < -0.3 is 15.0 Å². The van der Waals surface area contributed by atoms with Crippen LogP contribution >= 0.6 is 0 Å². The third-order valence-electron chi connectivity index (χ3n) is 5.39. The average molecular weight is 380 g/mol. The summed E-state index contributed by atoms with van der Waals surface area (Å²) < 4.78 is 5.69. The van der Waals surface area contributed by atoms with Crippen molar-refractivity contribution in [1.29, 1.82) is 0 Å². The van der Waals surface area contributed by atoms with Crippen molar-refractivity contribution in [3.05, 3.63) is 65.2 Å². The lowest BCUT2D eigenvalue weighted by atomic mass is 9.96. The molecule has 0 unspecified atom stereocenters. The zero-order valence-electron chi connectivity index (χ0n) is 16.8. The second-order valence-corrected chi connectivity index (χ2v) is 7.46. The summed E-state index contributed by atoms with van der Waals surface area (Å²) >= 11 is 0. The van der Waals surface area contributed by atoms with Crippen molar-refractivity contribution in [3.8, 4) is 5.75 Å². The molecule has 2 aromatic carbocycles. The lowest BCUT2D eigenvalue weighted by Crippen LogP contribution is -2.53. The average Bonchev–Trinajstić information content (AvgIpc) is 2.98. The number of nitrogens with one attached hydrogen (secondary N) is 1. The van der Waals surface area contributed by atoms with Gasteiger partial charge in [0.05, 0.1) is 13.2 Å². The van der Waals surface area contributed by atoms with Crippen molar-refractivity contribution in [3.63, 3.8) is 0 Å². The van der Waals surface area contributed by atoms with Crippen molar-refractivity contribution < 1.29 is 14.3 Å². The minimum absolute atomic E-state index is 0.000660. The Labute approximate surface area is 166 Å². The second-order valence-electron chi connectivity index (χ2n) is 7.46. The first-order chi connectivity index (χ1) is 13.4. The first-order valence-electron chi connectivity index (χ1n) is 9.79. The van der Waals surface area contributed by atoms with Gasteiger partial charge in [-0.1, -0.05) is 48.0 Å². The summed E-state index contributed by atoms with van der Waals surface area (Å²) in [6.07, 6.45) is 0.896. The van der Waals surface area contributed by atoms with Gasteiger partial charge in [0, 0.05) is 18.5 Å². The largest absolute Gasteiger partial charge is 0.494 e. The van der Waals surface area contributed by atoms with E-state index in [-0.39, 0.29) is 11.8 Å². The van der Waals surface area contributed by atoms with Gasteiger partial charge in [-0.3, -0.25) is 9.59 Å². The number of para-hydroxylation sites is 1. The van der Waals surface area contributed by atoms with Gasteiger partial charge in [-0.25, -0.2) is 0 Å². The molecule has 1 fully saturated rings. The van der Waals surface area contributed by atoms with Crippen molar-refractivity contribution in [2.24, 2.45) is 0 Å². The summed E-state index contributed by atoms with van der Waals surface area (Å²) in [7, 11) is 0. The summed E-state index contributed by atoms with van der Waals surface area (Å²) in [5.74, 6) is 0.638. The molecule has 0 aliphatic carbocycles. The highest BCUT2D eigenvalue weighted by Gasteiger charge is 2.47. The summed E-state index contributed by atoms with van der Waals surface area (Å²) in [4.78, 5) is 27.3. The highest BCUT2D eigenvalue weighted by atomic mass is 16.5. The molecule has 1 aliphatic heterocycles. The van der Waals surface area contributed by atoms with E-state index in [1.165, 1.54) is 5.56 Å². The smallest absolute Gasteiger partial charge is 0.245 e. The van der Waals surface area contributed by atoms with Crippen LogP contribution in [0.15, 0.2) is 48.5 Å². The van der Waals surface area contributed by atoms with E-state index in [0.29, 0.717) is 32.5 Å². The van der Waals surface area contributed by atoms with Crippen LogP contribution in [0, 0.1) is 6.92 Å². The number of benzene rings is 2. The molecule has 2 amide bonds. The predicted molar refractivity (Wildman–Crippen MR) is 109 cm³/mol. The molecule has 3 rings (SSSR count). The maximum absolute atomic E-state index is 13.0. The number of hydrogen-bond donors (Lipinski definition) is 1. The normalized spacial score (nSPS) is 19.0. The molecule has 0 aromatic heterocycles. The molecule has 0 saturated carbocycles. The number of rotatable bonds is 7. The van der Waals surface area contributed by atoms with Gasteiger partial charge in [-0.05, 0) is 38.8 Å². The van der Waals surface area contributed by atoms with E-state index in [0.717, 1.165) is 16.9 Å². The fourth-order valence-electron chi connectivity index (χ4n) is 3.57. The van der Waals surface area contributed by atoms with Crippen LogP contribution < -0.4 is 10.1 Å². The van der Waals surface area contributed by atoms with Crippen LogP contribution in [0.2, 0.25) is 0 Å². The van der Waals surface area contributed by atoms with Crippen LogP contribution in [0.3, 0.4) is 0 Å². The van der Waals surface area contributed by atoms with Crippen LogP contribution in [0.5, 0.6) is 5.75 Å². The lowest BCUT2D eigenvalue weighted by molar-refractivity contribution is -0.141. The van der Waals surface area contributed by atoms with Gasteiger partial charge in [-0.2, -0.15) is 0 Å². The quantitative estimate of drug-likeness (QED) is 0.799. The van der Waals surface area contributed by atoms with Gasteiger partial charge in [-0.15, -0.1) is 0 Å². The van der Waals surface area contributed by atoms with Crippen LogP contribution in [0.1, 0.15) is 43.4 Å². The standard InChI is InChI=1S/C23H28N2O3/c1-4-28-20-8-6-5-7-19(20)16-25-21(26)13-14-23(25,3)22(27)24-15-18-11-9-17(2)10-12-18/h5-12H,4,13-16H2,1-3H3,(H,24,27)/t23-/m1/s1. The van der Waals surface area contributed by atoms with E-state index < -0.39 is 5.54 Å². The Hall–Kier alpha value is -2.82. The summed E-state index contributed by atoms with van der Waals surface area (Å²) in [5.41, 5.74) is 2.28. The van der Waals surface area contributed by atoms with Crippen molar-refractivity contribution in [2.75, 3.05) is 6.61 Å². The molecule has 2 aromatic rings. The van der Waals surface area contributed by atoms with Gasteiger partial charge in [0.15, 0.2) is 0 Å². The Morgan fingerprint density at radius 2 is 1.89 bits per heavy atom. The Morgan fingerprint density at radius 1 is 1.18 bits per heavy atom. The van der Waals surface area contributed by atoms with E-state index in [1.807, 2.05) is 69.3 Å². The summed E-state index contributed by atoms with van der Waals surface area (Å²) in [5, 5.41) is 3.01. The molecular formula is C23H28N2O3. The molecule has 0 spiro atoms. The molecule has 1 atom stereocenters. The fourth-order valence-corrected chi connectivity index (χ4v) is 3.57. The minimum Gasteiger partial charge on any atom is -0.494 e. The highest BCUT2D eigenvalue weighted by molar-refractivity contribution is 5.94. The van der Waals surface area contributed by atoms with E-state index in [2.05, 4.69) is 5.32 Å². The van der Waals surface area contributed by atoms with Crippen LogP contribution in [-0.2, 0) is 22.7 Å². The minimum atomic E-state index is -0.860.